The average Bonchev–Trinajstić information content (AvgIpc) is 2.89. The topological polar surface area (TPSA) is 99.1 Å². The number of thioether (sulfide) groups is 1. The van der Waals surface area contributed by atoms with Gasteiger partial charge in [0, 0.05) is 28.2 Å². The highest BCUT2D eigenvalue weighted by Crippen LogP contribution is 2.36. The Hall–Kier alpha value is -3.00. The van der Waals surface area contributed by atoms with Crippen LogP contribution in [0.25, 0.3) is 0 Å². The highest BCUT2D eigenvalue weighted by Gasteiger charge is 2.19. The van der Waals surface area contributed by atoms with Crippen molar-refractivity contribution in [3.05, 3.63) is 46.5 Å². The molecule has 8 heteroatoms. The van der Waals surface area contributed by atoms with Crippen molar-refractivity contribution in [2.75, 3.05) is 25.6 Å². The standard InChI is InChI=1S/C31H42O7S/c1-6-11-25-27(16-14-23(21(4)32)30(25)35)37-19-10-20-39-28-17-15-24(22(5)33)31(26(28)12-7-2)38-18-9-13-29(34)36-8-3/h14-17,35H,6-13,18-20H2,1-5H3. The highest BCUT2D eigenvalue weighted by atomic mass is 32.2. The number of phenolic OH excluding ortho intramolecular Hbond substituents is 1. The van der Waals surface area contributed by atoms with Gasteiger partial charge >= 0.3 is 5.97 Å². The number of carbonyl (C=O) groups is 3. The number of rotatable bonds is 18. The van der Waals surface area contributed by atoms with E-state index in [1.807, 2.05) is 19.1 Å². The lowest BCUT2D eigenvalue weighted by atomic mass is 10.0. The summed E-state index contributed by atoms with van der Waals surface area (Å²) in [7, 11) is 0. The van der Waals surface area contributed by atoms with Crippen molar-refractivity contribution >= 4 is 29.3 Å². The Morgan fingerprint density at radius 3 is 2.10 bits per heavy atom. The van der Waals surface area contributed by atoms with Gasteiger partial charge in [0.25, 0.3) is 0 Å². The third-order valence-electron chi connectivity index (χ3n) is 6.10. The Kier molecular flexibility index (Phi) is 13.9. The minimum absolute atomic E-state index is 0.0146. The van der Waals surface area contributed by atoms with Crippen molar-refractivity contribution in [2.24, 2.45) is 0 Å². The number of benzene rings is 2. The van der Waals surface area contributed by atoms with E-state index in [4.69, 9.17) is 14.2 Å². The largest absolute Gasteiger partial charge is 0.507 e. The SMILES string of the molecule is CCCc1c(OCCCSc2ccc(C(C)=O)c(OCCCC(=O)OCC)c2CCC)ccc(C(C)=O)c1O. The number of phenols is 1. The fourth-order valence-electron chi connectivity index (χ4n) is 4.25. The van der Waals surface area contributed by atoms with E-state index >= 15 is 0 Å². The maximum Gasteiger partial charge on any atom is 0.305 e. The van der Waals surface area contributed by atoms with Crippen LogP contribution < -0.4 is 9.47 Å². The van der Waals surface area contributed by atoms with Crippen molar-refractivity contribution in [1.82, 2.24) is 0 Å². The van der Waals surface area contributed by atoms with Gasteiger partial charge in [0.15, 0.2) is 11.6 Å². The van der Waals surface area contributed by atoms with Crippen LogP contribution in [0.4, 0.5) is 0 Å². The molecule has 0 spiro atoms. The third kappa shape index (κ3) is 9.60. The van der Waals surface area contributed by atoms with Crippen LogP contribution in [0.1, 0.15) is 98.6 Å². The normalized spacial score (nSPS) is 10.8. The molecule has 7 nitrogen and oxygen atoms in total. The number of carbonyl (C=O) groups excluding carboxylic acids is 3. The van der Waals surface area contributed by atoms with E-state index in [0.717, 1.165) is 41.9 Å². The molecule has 0 heterocycles. The van der Waals surface area contributed by atoms with E-state index in [9.17, 15) is 19.5 Å². The van der Waals surface area contributed by atoms with Crippen molar-refractivity contribution in [3.63, 3.8) is 0 Å². The van der Waals surface area contributed by atoms with E-state index in [-0.39, 0.29) is 29.7 Å². The Morgan fingerprint density at radius 1 is 0.821 bits per heavy atom. The molecule has 0 amide bonds. The van der Waals surface area contributed by atoms with E-state index in [1.165, 1.54) is 13.8 Å². The Morgan fingerprint density at radius 2 is 1.46 bits per heavy atom. The summed E-state index contributed by atoms with van der Waals surface area (Å²) >= 11 is 1.69. The lowest BCUT2D eigenvalue weighted by Crippen LogP contribution is -2.10. The van der Waals surface area contributed by atoms with Gasteiger partial charge in [-0.1, -0.05) is 26.7 Å². The summed E-state index contributed by atoms with van der Waals surface area (Å²) in [6, 6.07) is 7.18. The van der Waals surface area contributed by atoms with Crippen LogP contribution in [-0.2, 0) is 22.4 Å². The van der Waals surface area contributed by atoms with Gasteiger partial charge < -0.3 is 19.3 Å². The molecule has 39 heavy (non-hydrogen) atoms. The maximum absolute atomic E-state index is 12.3. The van der Waals surface area contributed by atoms with Gasteiger partial charge in [-0.25, -0.2) is 0 Å². The summed E-state index contributed by atoms with van der Waals surface area (Å²) in [4.78, 5) is 36.9. The minimum atomic E-state index is -0.250. The van der Waals surface area contributed by atoms with Gasteiger partial charge in [0.1, 0.15) is 17.2 Å². The number of hydrogen-bond acceptors (Lipinski definition) is 8. The molecule has 2 aromatic carbocycles. The van der Waals surface area contributed by atoms with Crippen molar-refractivity contribution in [1.29, 1.82) is 0 Å². The summed E-state index contributed by atoms with van der Waals surface area (Å²) in [6.07, 6.45) is 4.68. The molecular weight excluding hydrogens is 516 g/mol. The van der Waals surface area contributed by atoms with E-state index in [2.05, 4.69) is 6.92 Å². The molecule has 0 bridgehead atoms. The van der Waals surface area contributed by atoms with Crippen LogP contribution in [0.2, 0.25) is 0 Å². The van der Waals surface area contributed by atoms with Gasteiger partial charge in [0.2, 0.25) is 0 Å². The van der Waals surface area contributed by atoms with Crippen LogP contribution in [-0.4, -0.2) is 48.2 Å². The molecular formula is C31H42O7S. The van der Waals surface area contributed by atoms with E-state index in [0.29, 0.717) is 60.9 Å². The average molecular weight is 559 g/mol. The maximum atomic E-state index is 12.3. The van der Waals surface area contributed by atoms with Crippen molar-refractivity contribution in [3.8, 4) is 17.2 Å². The molecule has 2 rings (SSSR count). The highest BCUT2D eigenvalue weighted by molar-refractivity contribution is 7.99. The molecule has 0 unspecified atom stereocenters. The molecule has 0 saturated heterocycles. The fraction of sp³-hybridized carbons (Fsp3) is 0.516. The number of ketones is 2. The second kappa shape index (κ2) is 16.9. The van der Waals surface area contributed by atoms with Gasteiger partial charge in [-0.3, -0.25) is 14.4 Å². The quantitative estimate of drug-likeness (QED) is 0.0905. The summed E-state index contributed by atoms with van der Waals surface area (Å²) in [6.45, 7) is 10.0. The second-order valence-electron chi connectivity index (χ2n) is 9.28. The molecule has 0 aliphatic rings. The Bertz CT molecular complexity index is 1130. The Labute approximate surface area is 236 Å². The lowest BCUT2D eigenvalue weighted by molar-refractivity contribution is -0.143. The first-order chi connectivity index (χ1) is 18.7. The molecule has 0 saturated carbocycles. The van der Waals surface area contributed by atoms with Crippen molar-refractivity contribution < 1.29 is 33.7 Å². The number of hydrogen-bond donors (Lipinski definition) is 1. The number of aromatic hydroxyl groups is 1. The molecule has 0 atom stereocenters. The number of ether oxygens (including phenoxy) is 3. The number of esters is 1. The van der Waals surface area contributed by atoms with Crippen LogP contribution in [0.15, 0.2) is 29.2 Å². The first-order valence-electron chi connectivity index (χ1n) is 13.8. The molecule has 0 aliphatic carbocycles. The summed E-state index contributed by atoms with van der Waals surface area (Å²) in [5.41, 5.74) is 2.56. The van der Waals surface area contributed by atoms with Crippen LogP contribution in [0.3, 0.4) is 0 Å². The molecule has 1 N–H and O–H groups in total. The summed E-state index contributed by atoms with van der Waals surface area (Å²) in [5, 5.41) is 10.6. The molecule has 0 radical (unpaired) electrons. The monoisotopic (exact) mass is 558 g/mol. The molecule has 2 aromatic rings. The first-order valence-corrected chi connectivity index (χ1v) is 14.8. The predicted molar refractivity (Wildman–Crippen MR) is 155 cm³/mol. The fourth-order valence-corrected chi connectivity index (χ4v) is 5.26. The van der Waals surface area contributed by atoms with Gasteiger partial charge in [-0.2, -0.15) is 0 Å². The summed E-state index contributed by atoms with van der Waals surface area (Å²) in [5.74, 6) is 1.55. The molecule has 0 fully saturated rings. The zero-order valence-corrected chi connectivity index (χ0v) is 24.7. The van der Waals surface area contributed by atoms with Gasteiger partial charge in [0.05, 0.1) is 30.9 Å². The molecule has 0 aliphatic heterocycles. The minimum Gasteiger partial charge on any atom is -0.507 e. The van der Waals surface area contributed by atoms with Crippen LogP contribution in [0.5, 0.6) is 17.2 Å². The Balaban J connectivity index is 2.07. The van der Waals surface area contributed by atoms with Crippen LogP contribution >= 0.6 is 11.8 Å². The number of Topliss-reactive ketones (excluding diaryl/α,β-unsaturated/α-hetero) is 2. The first kappa shape index (κ1) is 32.2. The zero-order valence-electron chi connectivity index (χ0n) is 23.9. The van der Waals surface area contributed by atoms with Crippen LogP contribution in [0, 0.1) is 0 Å². The lowest BCUT2D eigenvalue weighted by Gasteiger charge is -2.18. The van der Waals surface area contributed by atoms with Gasteiger partial charge in [-0.05, 0) is 70.7 Å². The third-order valence-corrected chi connectivity index (χ3v) is 7.28. The second-order valence-corrected chi connectivity index (χ2v) is 10.4. The van der Waals surface area contributed by atoms with E-state index in [1.54, 1.807) is 30.8 Å². The molecule has 0 aromatic heterocycles. The summed E-state index contributed by atoms with van der Waals surface area (Å²) < 4.78 is 17.1. The zero-order chi connectivity index (χ0) is 28.8. The molecule has 214 valence electrons. The smallest absolute Gasteiger partial charge is 0.305 e. The predicted octanol–water partition coefficient (Wildman–Crippen LogP) is 6.99. The van der Waals surface area contributed by atoms with E-state index < -0.39 is 0 Å². The van der Waals surface area contributed by atoms with Gasteiger partial charge in [-0.15, -0.1) is 11.8 Å². The van der Waals surface area contributed by atoms with Crippen molar-refractivity contribution in [2.45, 2.75) is 84.5 Å².